The molecule has 5 heteroatoms. The van der Waals surface area contributed by atoms with Crippen LogP contribution in [0.2, 0.25) is 0 Å². The Morgan fingerprint density at radius 1 is 0.955 bits per heavy atom. The lowest BCUT2D eigenvalue weighted by Gasteiger charge is -2.09. The van der Waals surface area contributed by atoms with Gasteiger partial charge in [0.25, 0.3) is 5.91 Å². The van der Waals surface area contributed by atoms with E-state index in [0.717, 1.165) is 5.56 Å². The van der Waals surface area contributed by atoms with Gasteiger partial charge in [-0.15, -0.1) is 0 Å². The van der Waals surface area contributed by atoms with Crippen molar-refractivity contribution >= 4 is 21.4 Å². The third-order valence-electron chi connectivity index (χ3n) is 3.38. The van der Waals surface area contributed by atoms with Crippen molar-refractivity contribution in [2.45, 2.75) is 30.9 Å². The number of hydrogen-bond donors (Lipinski definition) is 1. The number of aryl methyl sites for hydroxylation is 1. The average molecular weight is 317 g/mol. The van der Waals surface area contributed by atoms with Gasteiger partial charge in [0, 0.05) is 11.3 Å². The molecule has 0 aliphatic rings. The molecule has 0 aliphatic heterocycles. The molecular formula is C17H19NO3S. The summed E-state index contributed by atoms with van der Waals surface area (Å²) in [6.45, 7) is 5.24. The fourth-order valence-electron chi connectivity index (χ4n) is 1.91. The topological polar surface area (TPSA) is 63.2 Å². The fraction of sp³-hybridized carbons (Fsp3) is 0.235. The Hall–Kier alpha value is -2.14. The van der Waals surface area contributed by atoms with Crippen molar-refractivity contribution in [3.63, 3.8) is 0 Å². The minimum atomic E-state index is -3.31. The van der Waals surface area contributed by atoms with Crippen LogP contribution in [0.25, 0.3) is 0 Å². The van der Waals surface area contributed by atoms with Gasteiger partial charge in [-0.3, -0.25) is 4.79 Å². The second-order valence-corrected chi connectivity index (χ2v) is 7.94. The van der Waals surface area contributed by atoms with Gasteiger partial charge in [-0.25, -0.2) is 8.42 Å². The van der Waals surface area contributed by atoms with Crippen LogP contribution in [-0.2, 0) is 9.84 Å². The van der Waals surface area contributed by atoms with Gasteiger partial charge < -0.3 is 5.32 Å². The molecule has 2 rings (SSSR count). The Morgan fingerprint density at radius 3 is 2.00 bits per heavy atom. The molecule has 0 spiro atoms. The number of benzene rings is 2. The first-order valence-corrected chi connectivity index (χ1v) is 8.57. The van der Waals surface area contributed by atoms with Crippen molar-refractivity contribution in [3.05, 3.63) is 59.7 Å². The quantitative estimate of drug-likeness (QED) is 0.939. The maximum Gasteiger partial charge on any atom is 0.255 e. The number of carbonyl (C=O) groups excluding carboxylic acids is 1. The molecule has 0 unspecified atom stereocenters. The maximum absolute atomic E-state index is 12.1. The molecule has 0 aromatic heterocycles. The molecule has 0 radical (unpaired) electrons. The predicted octanol–water partition coefficient (Wildman–Crippen LogP) is 3.43. The van der Waals surface area contributed by atoms with E-state index in [-0.39, 0.29) is 10.8 Å². The van der Waals surface area contributed by atoms with Gasteiger partial charge >= 0.3 is 0 Å². The molecule has 1 amide bonds. The fourth-order valence-corrected chi connectivity index (χ4v) is 2.97. The molecule has 1 N–H and O–H groups in total. The summed E-state index contributed by atoms with van der Waals surface area (Å²) in [6.07, 6.45) is 0. The van der Waals surface area contributed by atoms with E-state index in [1.807, 2.05) is 31.2 Å². The standard InChI is InChI=1S/C17H19NO3S/c1-12(2)22(20,21)16-10-6-14(7-11-16)17(19)18-15-8-4-13(3)5-9-15/h4-12H,1-3H3,(H,18,19). The molecule has 116 valence electrons. The first-order chi connectivity index (χ1) is 10.3. The van der Waals surface area contributed by atoms with E-state index in [1.54, 1.807) is 13.8 Å². The summed E-state index contributed by atoms with van der Waals surface area (Å²) >= 11 is 0. The molecule has 2 aromatic rings. The minimum absolute atomic E-state index is 0.231. The number of anilines is 1. The van der Waals surface area contributed by atoms with Gasteiger partial charge in [0.1, 0.15) is 0 Å². The van der Waals surface area contributed by atoms with Crippen molar-refractivity contribution in [3.8, 4) is 0 Å². The highest BCUT2D eigenvalue weighted by molar-refractivity contribution is 7.92. The lowest BCUT2D eigenvalue weighted by atomic mass is 10.2. The summed E-state index contributed by atoms with van der Waals surface area (Å²) in [6, 6.07) is 13.5. The van der Waals surface area contributed by atoms with E-state index in [2.05, 4.69) is 5.32 Å². The Labute approximate surface area is 131 Å². The number of amides is 1. The number of carbonyl (C=O) groups is 1. The molecule has 0 heterocycles. The van der Waals surface area contributed by atoms with Crippen LogP contribution in [0.5, 0.6) is 0 Å². The minimum Gasteiger partial charge on any atom is -0.322 e. The van der Waals surface area contributed by atoms with Crippen molar-refractivity contribution < 1.29 is 13.2 Å². The zero-order valence-corrected chi connectivity index (χ0v) is 13.6. The third-order valence-corrected chi connectivity index (χ3v) is 5.55. The van der Waals surface area contributed by atoms with Crippen LogP contribution in [0.4, 0.5) is 5.69 Å². The monoisotopic (exact) mass is 317 g/mol. The Bertz CT molecular complexity index is 761. The van der Waals surface area contributed by atoms with Crippen LogP contribution < -0.4 is 5.32 Å². The van der Waals surface area contributed by atoms with Gasteiger partial charge in [0.2, 0.25) is 0 Å². The van der Waals surface area contributed by atoms with Crippen LogP contribution in [0.15, 0.2) is 53.4 Å². The van der Waals surface area contributed by atoms with E-state index in [1.165, 1.54) is 24.3 Å². The largest absolute Gasteiger partial charge is 0.322 e. The molecule has 0 atom stereocenters. The first-order valence-electron chi connectivity index (χ1n) is 7.02. The molecule has 0 bridgehead atoms. The van der Waals surface area contributed by atoms with E-state index in [9.17, 15) is 13.2 Å². The van der Waals surface area contributed by atoms with Gasteiger partial charge in [-0.05, 0) is 57.2 Å². The molecule has 22 heavy (non-hydrogen) atoms. The zero-order chi connectivity index (χ0) is 16.3. The van der Waals surface area contributed by atoms with Gasteiger partial charge in [0.15, 0.2) is 9.84 Å². The SMILES string of the molecule is Cc1ccc(NC(=O)c2ccc(S(=O)(=O)C(C)C)cc2)cc1. The zero-order valence-electron chi connectivity index (χ0n) is 12.8. The van der Waals surface area contributed by atoms with Crippen molar-refractivity contribution in [2.24, 2.45) is 0 Å². The van der Waals surface area contributed by atoms with Crippen LogP contribution in [0.3, 0.4) is 0 Å². The Balaban J connectivity index is 2.16. The second-order valence-electron chi connectivity index (χ2n) is 5.44. The summed E-state index contributed by atoms with van der Waals surface area (Å²) in [7, 11) is -3.31. The highest BCUT2D eigenvalue weighted by Crippen LogP contribution is 2.17. The summed E-state index contributed by atoms with van der Waals surface area (Å²) in [5.41, 5.74) is 2.24. The summed E-state index contributed by atoms with van der Waals surface area (Å²) in [5, 5.41) is 2.29. The lowest BCUT2D eigenvalue weighted by Crippen LogP contribution is -2.15. The smallest absolute Gasteiger partial charge is 0.255 e. The molecular weight excluding hydrogens is 298 g/mol. The first kappa shape index (κ1) is 16.2. The molecule has 0 saturated heterocycles. The van der Waals surface area contributed by atoms with Gasteiger partial charge in [-0.2, -0.15) is 0 Å². The summed E-state index contributed by atoms with van der Waals surface area (Å²) < 4.78 is 24.1. The molecule has 0 saturated carbocycles. The number of sulfone groups is 1. The lowest BCUT2D eigenvalue weighted by molar-refractivity contribution is 0.102. The predicted molar refractivity (Wildman–Crippen MR) is 87.9 cm³/mol. The molecule has 0 fully saturated rings. The van der Waals surface area contributed by atoms with Crippen molar-refractivity contribution in [1.29, 1.82) is 0 Å². The second kappa shape index (κ2) is 6.32. The van der Waals surface area contributed by atoms with Gasteiger partial charge in [-0.1, -0.05) is 17.7 Å². The number of hydrogen-bond acceptors (Lipinski definition) is 3. The van der Waals surface area contributed by atoms with Gasteiger partial charge in [0.05, 0.1) is 10.1 Å². The van der Waals surface area contributed by atoms with Crippen LogP contribution in [0.1, 0.15) is 29.8 Å². The Morgan fingerprint density at radius 2 is 1.50 bits per heavy atom. The highest BCUT2D eigenvalue weighted by Gasteiger charge is 2.19. The highest BCUT2D eigenvalue weighted by atomic mass is 32.2. The molecule has 2 aromatic carbocycles. The maximum atomic E-state index is 12.1. The normalized spacial score (nSPS) is 11.5. The Kier molecular flexibility index (Phi) is 4.66. The average Bonchev–Trinajstić information content (AvgIpc) is 2.49. The van der Waals surface area contributed by atoms with E-state index in [4.69, 9.17) is 0 Å². The molecule has 0 aliphatic carbocycles. The molecule has 4 nitrogen and oxygen atoms in total. The van der Waals surface area contributed by atoms with E-state index in [0.29, 0.717) is 11.3 Å². The van der Waals surface area contributed by atoms with E-state index < -0.39 is 15.1 Å². The van der Waals surface area contributed by atoms with Crippen LogP contribution in [-0.4, -0.2) is 19.6 Å². The van der Waals surface area contributed by atoms with Crippen LogP contribution >= 0.6 is 0 Å². The third kappa shape index (κ3) is 3.54. The summed E-state index contributed by atoms with van der Waals surface area (Å²) in [5.74, 6) is -0.266. The number of nitrogens with one attached hydrogen (secondary N) is 1. The van der Waals surface area contributed by atoms with Crippen molar-refractivity contribution in [2.75, 3.05) is 5.32 Å². The van der Waals surface area contributed by atoms with Crippen molar-refractivity contribution in [1.82, 2.24) is 0 Å². The van der Waals surface area contributed by atoms with E-state index >= 15 is 0 Å². The summed E-state index contributed by atoms with van der Waals surface area (Å²) in [4.78, 5) is 12.4. The van der Waals surface area contributed by atoms with Crippen LogP contribution in [0, 0.1) is 6.92 Å². The number of rotatable bonds is 4.